The molecule has 0 N–H and O–H groups in total. The Morgan fingerprint density at radius 2 is 2.17 bits per heavy atom. The van der Waals surface area contributed by atoms with Gasteiger partial charge in [-0.3, -0.25) is 4.79 Å². The lowest BCUT2D eigenvalue weighted by molar-refractivity contribution is -0.128. The molecule has 2 heterocycles. The van der Waals surface area contributed by atoms with Crippen molar-refractivity contribution in [3.63, 3.8) is 0 Å². The predicted octanol–water partition coefficient (Wildman–Crippen LogP) is 2.61. The van der Waals surface area contributed by atoms with Crippen LogP contribution in [0.2, 0.25) is 0 Å². The molecule has 2 unspecified atom stereocenters. The van der Waals surface area contributed by atoms with Crippen LogP contribution in [0.5, 0.6) is 0 Å². The van der Waals surface area contributed by atoms with Gasteiger partial charge in [-0.15, -0.1) is 0 Å². The van der Waals surface area contributed by atoms with Gasteiger partial charge in [0.15, 0.2) is 11.4 Å². The SMILES string of the molecule is CC1(C)C(=O)C(C#N)=CC2(C)c3c(cnc4ccnn34)CCC12. The van der Waals surface area contributed by atoms with Gasteiger partial charge in [0.05, 0.1) is 17.5 Å². The highest BCUT2D eigenvalue weighted by atomic mass is 16.1. The van der Waals surface area contributed by atoms with E-state index >= 15 is 0 Å². The van der Waals surface area contributed by atoms with Crippen molar-refractivity contribution >= 4 is 11.4 Å². The Bertz CT molecular complexity index is 915. The summed E-state index contributed by atoms with van der Waals surface area (Å²) in [7, 11) is 0. The molecule has 0 spiro atoms. The van der Waals surface area contributed by atoms with E-state index in [-0.39, 0.29) is 17.3 Å². The first kappa shape index (κ1) is 14.1. The number of carbonyl (C=O) groups excluding carboxylic acids is 1. The van der Waals surface area contributed by atoms with Gasteiger partial charge in [0.2, 0.25) is 0 Å². The zero-order valence-corrected chi connectivity index (χ0v) is 13.5. The van der Waals surface area contributed by atoms with Gasteiger partial charge in [0.1, 0.15) is 6.07 Å². The number of aryl methyl sites for hydroxylation is 1. The lowest BCUT2D eigenvalue weighted by Crippen LogP contribution is -2.51. The van der Waals surface area contributed by atoms with Crippen LogP contribution in [-0.4, -0.2) is 20.4 Å². The normalized spacial score (nSPS) is 28.7. The molecule has 0 saturated heterocycles. The molecule has 2 aromatic rings. The van der Waals surface area contributed by atoms with E-state index in [0.717, 1.165) is 29.7 Å². The minimum absolute atomic E-state index is 0.0447. The molecule has 0 bridgehead atoms. The Morgan fingerprint density at radius 1 is 1.39 bits per heavy atom. The highest BCUT2D eigenvalue weighted by Gasteiger charge is 2.54. The van der Waals surface area contributed by atoms with Crippen LogP contribution in [0.25, 0.3) is 5.65 Å². The number of carbonyl (C=O) groups is 1. The zero-order valence-electron chi connectivity index (χ0n) is 13.5. The fourth-order valence-corrected chi connectivity index (χ4v) is 4.66. The Hall–Kier alpha value is -2.48. The largest absolute Gasteiger partial charge is 0.293 e. The fourth-order valence-electron chi connectivity index (χ4n) is 4.66. The molecule has 0 radical (unpaired) electrons. The molecule has 0 amide bonds. The third-order valence-corrected chi connectivity index (χ3v) is 5.69. The lowest BCUT2D eigenvalue weighted by Gasteiger charge is -2.50. The van der Waals surface area contributed by atoms with Gasteiger partial charge in [0.25, 0.3) is 0 Å². The van der Waals surface area contributed by atoms with Crippen molar-refractivity contribution in [2.45, 2.75) is 39.0 Å². The number of ketones is 1. The summed E-state index contributed by atoms with van der Waals surface area (Å²) in [6, 6.07) is 3.98. The molecule has 23 heavy (non-hydrogen) atoms. The van der Waals surface area contributed by atoms with Crippen LogP contribution in [-0.2, 0) is 16.6 Å². The Labute approximate surface area is 134 Å². The standard InChI is InChI=1S/C18H18N4O/c1-17(2)13-5-4-11-10-20-14-6-7-21-22(14)15(11)18(13,3)8-12(9-19)16(17)23/h6-8,10,13H,4-5H2,1-3H3. The molecule has 116 valence electrons. The van der Waals surface area contributed by atoms with Gasteiger partial charge in [-0.2, -0.15) is 10.4 Å². The molecule has 5 heteroatoms. The smallest absolute Gasteiger partial charge is 0.178 e. The van der Waals surface area contributed by atoms with Crippen LogP contribution in [0.3, 0.4) is 0 Å². The first-order valence-electron chi connectivity index (χ1n) is 7.89. The van der Waals surface area contributed by atoms with Crippen LogP contribution in [0.15, 0.2) is 30.1 Å². The molecule has 4 rings (SSSR count). The molecule has 0 aliphatic heterocycles. The van der Waals surface area contributed by atoms with Crippen molar-refractivity contribution < 1.29 is 4.79 Å². The first-order valence-corrected chi connectivity index (χ1v) is 7.89. The second kappa shape index (κ2) is 4.29. The topological polar surface area (TPSA) is 71.0 Å². The minimum atomic E-state index is -0.561. The summed E-state index contributed by atoms with van der Waals surface area (Å²) in [6.07, 6.45) is 7.31. The number of nitrogens with zero attached hydrogens (tertiary/aromatic N) is 4. The highest BCUT2D eigenvalue weighted by molar-refractivity contribution is 6.04. The van der Waals surface area contributed by atoms with E-state index in [1.807, 2.05) is 36.7 Å². The maximum Gasteiger partial charge on any atom is 0.178 e. The fraction of sp³-hybridized carbons (Fsp3) is 0.444. The molecule has 2 aliphatic rings. The first-order chi connectivity index (χ1) is 10.9. The molecule has 0 saturated carbocycles. The third kappa shape index (κ3) is 1.64. The summed E-state index contributed by atoms with van der Waals surface area (Å²) in [5.74, 6) is 0.0959. The number of Topliss-reactive ketones (excluding diaryl/α,β-unsaturated/α-hetero) is 1. The van der Waals surface area contributed by atoms with Gasteiger partial charge in [-0.05, 0) is 24.3 Å². The number of nitriles is 1. The summed E-state index contributed by atoms with van der Waals surface area (Å²) in [5.41, 5.74) is 2.32. The second-order valence-corrected chi connectivity index (χ2v) is 7.33. The van der Waals surface area contributed by atoms with E-state index in [9.17, 15) is 10.1 Å². The molecule has 2 aliphatic carbocycles. The molecular formula is C18H18N4O. The number of allylic oxidation sites excluding steroid dienone is 2. The molecule has 2 atom stereocenters. The highest BCUT2D eigenvalue weighted by Crippen LogP contribution is 2.54. The van der Waals surface area contributed by atoms with E-state index in [0.29, 0.717) is 0 Å². The van der Waals surface area contributed by atoms with Gasteiger partial charge >= 0.3 is 0 Å². The summed E-state index contributed by atoms with van der Waals surface area (Å²) < 4.78 is 1.87. The average Bonchev–Trinajstić information content (AvgIpc) is 2.99. The Morgan fingerprint density at radius 3 is 2.91 bits per heavy atom. The van der Waals surface area contributed by atoms with E-state index in [1.165, 1.54) is 0 Å². The Balaban J connectivity index is 2.09. The number of rotatable bonds is 0. The van der Waals surface area contributed by atoms with Gasteiger partial charge in [-0.1, -0.05) is 26.8 Å². The van der Waals surface area contributed by atoms with E-state index < -0.39 is 10.8 Å². The number of hydrogen-bond donors (Lipinski definition) is 0. The summed E-state index contributed by atoms with van der Waals surface area (Å²) in [6.45, 7) is 6.06. The van der Waals surface area contributed by atoms with Crippen LogP contribution >= 0.6 is 0 Å². The van der Waals surface area contributed by atoms with Crippen molar-refractivity contribution in [1.29, 1.82) is 5.26 Å². The number of hydrogen-bond acceptors (Lipinski definition) is 4. The lowest BCUT2D eigenvalue weighted by atomic mass is 9.52. The summed E-state index contributed by atoms with van der Waals surface area (Å²) in [5, 5.41) is 13.9. The second-order valence-electron chi connectivity index (χ2n) is 7.33. The maximum atomic E-state index is 12.7. The van der Waals surface area contributed by atoms with Crippen LogP contribution < -0.4 is 0 Å². The molecule has 5 nitrogen and oxygen atoms in total. The minimum Gasteiger partial charge on any atom is -0.293 e. The predicted molar refractivity (Wildman–Crippen MR) is 84.6 cm³/mol. The monoisotopic (exact) mass is 306 g/mol. The Kier molecular flexibility index (Phi) is 2.63. The van der Waals surface area contributed by atoms with Crippen LogP contribution in [0.4, 0.5) is 0 Å². The van der Waals surface area contributed by atoms with E-state index in [2.05, 4.69) is 23.1 Å². The van der Waals surface area contributed by atoms with Crippen LogP contribution in [0, 0.1) is 22.7 Å². The van der Waals surface area contributed by atoms with E-state index in [4.69, 9.17) is 0 Å². The van der Waals surface area contributed by atoms with Crippen molar-refractivity contribution in [2.75, 3.05) is 0 Å². The summed E-state index contributed by atoms with van der Waals surface area (Å²) >= 11 is 0. The van der Waals surface area contributed by atoms with Gasteiger partial charge in [0, 0.05) is 23.1 Å². The van der Waals surface area contributed by atoms with E-state index in [1.54, 1.807) is 6.20 Å². The quantitative estimate of drug-likeness (QED) is 0.750. The number of aromatic nitrogens is 3. The number of fused-ring (bicyclic) bond motifs is 5. The van der Waals surface area contributed by atoms with Gasteiger partial charge in [-0.25, -0.2) is 9.50 Å². The van der Waals surface area contributed by atoms with Gasteiger partial charge < -0.3 is 0 Å². The van der Waals surface area contributed by atoms with Crippen molar-refractivity contribution in [3.8, 4) is 6.07 Å². The zero-order chi connectivity index (χ0) is 16.4. The molecule has 0 aromatic carbocycles. The molecule has 2 aromatic heterocycles. The van der Waals surface area contributed by atoms with Crippen LogP contribution in [0.1, 0.15) is 38.4 Å². The maximum absolute atomic E-state index is 12.7. The third-order valence-electron chi connectivity index (χ3n) is 5.69. The molecule has 0 fully saturated rings. The van der Waals surface area contributed by atoms with Crippen molar-refractivity contribution in [2.24, 2.45) is 11.3 Å². The average molecular weight is 306 g/mol. The van der Waals surface area contributed by atoms with Crippen molar-refractivity contribution in [1.82, 2.24) is 14.6 Å². The van der Waals surface area contributed by atoms with Crippen molar-refractivity contribution in [3.05, 3.63) is 41.4 Å². The molecular weight excluding hydrogens is 288 g/mol. The summed E-state index contributed by atoms with van der Waals surface area (Å²) in [4.78, 5) is 17.1.